The third kappa shape index (κ3) is 9.44. The summed E-state index contributed by atoms with van der Waals surface area (Å²) in [5, 5.41) is 23.3. The number of aldehydes is 1. The maximum absolute atomic E-state index is 12.2. The summed E-state index contributed by atoms with van der Waals surface area (Å²) in [6.45, 7) is -0.0458. The Kier molecular flexibility index (Phi) is 13.4. The summed E-state index contributed by atoms with van der Waals surface area (Å²) >= 11 is 0. The zero-order valence-corrected chi connectivity index (χ0v) is 27.2. The molecular weight excluding hydrogens is 594 g/mol. The number of aliphatic hydroxyl groups is 1. The first-order chi connectivity index (χ1) is 22.9. The predicted octanol–water partition coefficient (Wildman–Crippen LogP) is 7.50. The van der Waals surface area contributed by atoms with Gasteiger partial charge in [-0.25, -0.2) is 4.79 Å². The number of aliphatic carboxylic acids is 1. The molecule has 3 N–H and O–H groups in total. The van der Waals surface area contributed by atoms with Gasteiger partial charge in [-0.05, 0) is 77.1 Å². The van der Waals surface area contributed by atoms with Crippen molar-refractivity contribution in [2.75, 3.05) is 19.5 Å². The van der Waals surface area contributed by atoms with Crippen LogP contribution in [0.5, 0.6) is 11.5 Å². The summed E-state index contributed by atoms with van der Waals surface area (Å²) in [5.74, 6) is 0.519. The summed E-state index contributed by atoms with van der Waals surface area (Å²) < 4.78 is 17.9. The molecule has 0 radical (unpaired) electrons. The third-order valence-corrected chi connectivity index (χ3v) is 8.32. The first-order valence-electron chi connectivity index (χ1n) is 16.1. The predicted molar refractivity (Wildman–Crippen MR) is 183 cm³/mol. The van der Waals surface area contributed by atoms with Crippen molar-refractivity contribution >= 4 is 17.9 Å². The fourth-order valence-electron chi connectivity index (χ4n) is 5.85. The van der Waals surface area contributed by atoms with Gasteiger partial charge < -0.3 is 34.5 Å². The molecule has 8 nitrogen and oxygen atoms in total. The van der Waals surface area contributed by atoms with Crippen LogP contribution in [-0.4, -0.2) is 42.7 Å². The van der Waals surface area contributed by atoms with E-state index >= 15 is 0 Å². The van der Waals surface area contributed by atoms with Crippen molar-refractivity contribution in [2.45, 2.75) is 69.8 Å². The van der Waals surface area contributed by atoms with Crippen LogP contribution < -0.4 is 14.8 Å². The molecule has 0 aliphatic heterocycles. The second-order valence-electron chi connectivity index (χ2n) is 11.5. The second kappa shape index (κ2) is 17.9. The number of ether oxygens (including phenoxy) is 3. The van der Waals surface area contributed by atoms with Crippen LogP contribution in [-0.2, 0) is 33.1 Å². The summed E-state index contributed by atoms with van der Waals surface area (Å²) in [6.07, 6.45) is 6.41. The number of anilines is 1. The molecule has 0 saturated carbocycles. The normalized spacial score (nSPS) is 11.9. The van der Waals surface area contributed by atoms with Gasteiger partial charge in [-0.3, -0.25) is 0 Å². The average molecular weight is 640 g/mol. The molecule has 0 bridgehead atoms. The maximum Gasteiger partial charge on any atom is 0.326 e. The molecule has 0 amide bonds. The van der Waals surface area contributed by atoms with E-state index in [4.69, 9.17) is 14.2 Å². The number of hydrogen-bond donors (Lipinski definition) is 3. The molecule has 0 heterocycles. The number of unbranched alkanes of at least 4 members (excludes halogenated alkanes) is 5. The molecule has 4 rings (SSSR count). The lowest BCUT2D eigenvalue weighted by Crippen LogP contribution is -2.33. The lowest BCUT2D eigenvalue weighted by atomic mass is 9.80. The molecule has 0 aromatic heterocycles. The number of carboxylic acids is 1. The minimum absolute atomic E-state index is 0.161. The van der Waals surface area contributed by atoms with E-state index in [2.05, 4.69) is 5.32 Å². The third-order valence-electron chi connectivity index (χ3n) is 8.32. The van der Waals surface area contributed by atoms with Crippen molar-refractivity contribution in [1.82, 2.24) is 0 Å². The van der Waals surface area contributed by atoms with E-state index in [1.54, 1.807) is 20.3 Å². The van der Waals surface area contributed by atoms with Crippen molar-refractivity contribution in [1.29, 1.82) is 0 Å². The fraction of sp³-hybridized carbons (Fsp3) is 0.333. The number of benzene rings is 4. The smallest absolute Gasteiger partial charge is 0.326 e. The van der Waals surface area contributed by atoms with Gasteiger partial charge in [0.25, 0.3) is 0 Å². The number of rotatable bonds is 20. The number of carboxylic acid groups (broad SMARTS) is 1. The van der Waals surface area contributed by atoms with Gasteiger partial charge in [-0.1, -0.05) is 86.3 Å². The molecule has 4 aromatic carbocycles. The topological polar surface area (TPSA) is 114 Å². The average Bonchev–Trinajstić information content (AvgIpc) is 3.11. The van der Waals surface area contributed by atoms with Gasteiger partial charge in [0, 0.05) is 12.1 Å². The highest BCUT2D eigenvalue weighted by Crippen LogP contribution is 2.42. The summed E-state index contributed by atoms with van der Waals surface area (Å²) in [5.41, 5.74) is 3.70. The molecule has 0 saturated heterocycles. The molecule has 0 aliphatic carbocycles. The van der Waals surface area contributed by atoms with E-state index in [0.29, 0.717) is 24.1 Å². The summed E-state index contributed by atoms with van der Waals surface area (Å²) in [6, 6.07) is 30.3. The Morgan fingerprint density at radius 1 is 0.766 bits per heavy atom. The van der Waals surface area contributed by atoms with Gasteiger partial charge >= 0.3 is 5.97 Å². The quantitative estimate of drug-likeness (QED) is 0.0518. The largest absolute Gasteiger partial charge is 0.497 e. The SMILES string of the molecule is COc1ccc(C(OCc2cc(CO)cc(NC(CCCCCCCC=O)C(=O)O)c2)(c2ccccc2)c2ccc(OC)cc2)cc1. The number of methoxy groups -OCH3 is 2. The Morgan fingerprint density at radius 2 is 1.32 bits per heavy atom. The van der Waals surface area contributed by atoms with Gasteiger partial charge in [-0.15, -0.1) is 0 Å². The fourth-order valence-corrected chi connectivity index (χ4v) is 5.85. The molecule has 1 atom stereocenters. The molecule has 248 valence electrons. The Labute approximate surface area is 277 Å². The van der Waals surface area contributed by atoms with Crippen LogP contribution in [0.2, 0.25) is 0 Å². The van der Waals surface area contributed by atoms with E-state index in [1.807, 2.05) is 91.0 Å². The number of carbonyl (C=O) groups is 2. The van der Waals surface area contributed by atoms with Crippen molar-refractivity contribution in [2.24, 2.45) is 0 Å². The Morgan fingerprint density at radius 3 is 1.87 bits per heavy atom. The lowest BCUT2D eigenvalue weighted by molar-refractivity contribution is -0.138. The van der Waals surface area contributed by atoms with Crippen LogP contribution in [0.15, 0.2) is 97.1 Å². The van der Waals surface area contributed by atoms with Gasteiger partial charge in [-0.2, -0.15) is 0 Å². The number of nitrogens with one attached hydrogen (secondary N) is 1. The zero-order chi connectivity index (χ0) is 33.5. The van der Waals surface area contributed by atoms with E-state index in [0.717, 1.165) is 72.1 Å². The molecular formula is C39H45NO7. The van der Waals surface area contributed by atoms with Gasteiger partial charge in [0.1, 0.15) is 29.4 Å². The van der Waals surface area contributed by atoms with E-state index in [-0.39, 0.29) is 13.2 Å². The van der Waals surface area contributed by atoms with Crippen molar-refractivity contribution in [3.63, 3.8) is 0 Å². The van der Waals surface area contributed by atoms with E-state index in [1.165, 1.54) is 0 Å². The minimum Gasteiger partial charge on any atom is -0.497 e. The minimum atomic E-state index is -1.03. The first kappa shape index (κ1) is 35.2. The molecule has 4 aromatic rings. The van der Waals surface area contributed by atoms with Crippen molar-refractivity contribution in [3.8, 4) is 11.5 Å². The van der Waals surface area contributed by atoms with Crippen LogP contribution in [0, 0.1) is 0 Å². The highest BCUT2D eigenvalue weighted by Gasteiger charge is 2.38. The van der Waals surface area contributed by atoms with Crippen LogP contribution >= 0.6 is 0 Å². The lowest BCUT2D eigenvalue weighted by Gasteiger charge is -2.36. The second-order valence-corrected chi connectivity index (χ2v) is 11.5. The summed E-state index contributed by atoms with van der Waals surface area (Å²) in [7, 11) is 3.26. The standard InChI is InChI=1S/C39H45NO7/c1-45-35-19-15-32(16-20-35)39(31-12-8-7-9-13-31,33-17-21-36(46-2)22-18-33)47-28-30-24-29(27-42)25-34(26-30)40-37(38(43)44)14-10-5-3-4-6-11-23-41/h7-9,12-13,15-26,37,40,42H,3-6,10-11,14,27-28H2,1-2H3,(H,43,44). The number of hydrogen-bond acceptors (Lipinski definition) is 7. The van der Waals surface area contributed by atoms with Gasteiger partial charge in [0.2, 0.25) is 0 Å². The number of aliphatic hydroxyl groups excluding tert-OH is 1. The van der Waals surface area contributed by atoms with Gasteiger partial charge in [0.15, 0.2) is 0 Å². The molecule has 0 spiro atoms. The maximum atomic E-state index is 12.2. The van der Waals surface area contributed by atoms with E-state index in [9.17, 15) is 19.8 Å². The van der Waals surface area contributed by atoms with Crippen LogP contribution in [0.1, 0.15) is 72.8 Å². The monoisotopic (exact) mass is 639 g/mol. The molecule has 0 aliphatic rings. The highest BCUT2D eigenvalue weighted by molar-refractivity contribution is 5.77. The van der Waals surface area contributed by atoms with E-state index < -0.39 is 17.6 Å². The first-order valence-corrected chi connectivity index (χ1v) is 16.1. The Bertz CT molecular complexity index is 1490. The summed E-state index contributed by atoms with van der Waals surface area (Å²) in [4.78, 5) is 22.7. The molecule has 1 unspecified atom stereocenters. The molecule has 47 heavy (non-hydrogen) atoms. The van der Waals surface area contributed by atoms with Crippen LogP contribution in [0.4, 0.5) is 5.69 Å². The highest BCUT2D eigenvalue weighted by atomic mass is 16.5. The van der Waals surface area contributed by atoms with Crippen LogP contribution in [0.25, 0.3) is 0 Å². The zero-order valence-electron chi connectivity index (χ0n) is 27.2. The number of carbonyl (C=O) groups excluding carboxylic acids is 1. The van der Waals surface area contributed by atoms with Crippen LogP contribution in [0.3, 0.4) is 0 Å². The Balaban J connectivity index is 1.65. The van der Waals surface area contributed by atoms with Crippen molar-refractivity contribution in [3.05, 3.63) is 125 Å². The Hall–Kier alpha value is -4.66. The molecule has 8 heteroatoms. The molecule has 0 fully saturated rings. The van der Waals surface area contributed by atoms with Gasteiger partial charge in [0.05, 0.1) is 27.4 Å². The van der Waals surface area contributed by atoms with Crippen molar-refractivity contribution < 1.29 is 34.0 Å².